The van der Waals surface area contributed by atoms with Gasteiger partial charge < -0.3 is 14.4 Å². The molecule has 6 nitrogen and oxygen atoms in total. The van der Waals surface area contributed by atoms with E-state index in [-0.39, 0.29) is 11.7 Å². The highest BCUT2D eigenvalue weighted by Gasteiger charge is 2.37. The normalized spacial score (nSPS) is 21.9. The van der Waals surface area contributed by atoms with E-state index in [1.54, 1.807) is 0 Å². The quantitative estimate of drug-likeness (QED) is 0.854. The Balaban J connectivity index is 2.10. The lowest BCUT2D eigenvalue weighted by atomic mass is 9.84. The summed E-state index contributed by atoms with van der Waals surface area (Å²) in [5.74, 6) is -0.736. The lowest BCUT2D eigenvalue weighted by Gasteiger charge is -2.29. The van der Waals surface area contributed by atoms with Crippen LogP contribution in [0.3, 0.4) is 0 Å². The second-order valence-corrected chi connectivity index (χ2v) is 5.51. The van der Waals surface area contributed by atoms with E-state index in [4.69, 9.17) is 4.74 Å². The number of methoxy groups -OCH3 is 1. The molecule has 1 aliphatic heterocycles. The molecule has 0 bridgehead atoms. The zero-order chi connectivity index (χ0) is 14.3. The molecular weight excluding hydrogens is 260 g/mol. The summed E-state index contributed by atoms with van der Waals surface area (Å²) in [6.07, 6.45) is 4.75. The molecule has 1 aromatic rings. The molecule has 2 heterocycles. The SMILES string of the molecule is COC(=O)C1CCCn2c(C3CCC3)nc(C(=O)O)c21. The minimum Gasteiger partial charge on any atom is -0.476 e. The Morgan fingerprint density at radius 2 is 2.05 bits per heavy atom. The third kappa shape index (κ3) is 1.90. The smallest absolute Gasteiger partial charge is 0.356 e. The number of fused-ring (bicyclic) bond motifs is 1. The second kappa shape index (κ2) is 4.92. The zero-order valence-electron chi connectivity index (χ0n) is 11.5. The minimum atomic E-state index is -1.06. The fraction of sp³-hybridized carbons (Fsp3) is 0.643. The van der Waals surface area contributed by atoms with Crippen LogP contribution in [-0.2, 0) is 16.1 Å². The number of hydrogen-bond acceptors (Lipinski definition) is 4. The van der Waals surface area contributed by atoms with Gasteiger partial charge in [0.25, 0.3) is 0 Å². The molecule has 0 spiro atoms. The lowest BCUT2D eigenvalue weighted by Crippen LogP contribution is -2.26. The van der Waals surface area contributed by atoms with E-state index < -0.39 is 11.9 Å². The molecule has 1 unspecified atom stereocenters. The van der Waals surface area contributed by atoms with Gasteiger partial charge in [0.2, 0.25) is 0 Å². The predicted molar refractivity (Wildman–Crippen MR) is 69.8 cm³/mol. The van der Waals surface area contributed by atoms with Crippen LogP contribution in [0.15, 0.2) is 0 Å². The van der Waals surface area contributed by atoms with Crippen LogP contribution < -0.4 is 0 Å². The Kier molecular flexibility index (Phi) is 3.23. The molecule has 0 amide bonds. The fourth-order valence-electron chi connectivity index (χ4n) is 3.17. The van der Waals surface area contributed by atoms with Crippen molar-refractivity contribution in [1.82, 2.24) is 9.55 Å². The van der Waals surface area contributed by atoms with Crippen molar-refractivity contribution in [3.05, 3.63) is 17.2 Å². The van der Waals surface area contributed by atoms with Crippen molar-refractivity contribution < 1.29 is 19.4 Å². The number of aromatic nitrogens is 2. The van der Waals surface area contributed by atoms with Crippen molar-refractivity contribution in [1.29, 1.82) is 0 Å². The van der Waals surface area contributed by atoms with Gasteiger partial charge in [-0.15, -0.1) is 0 Å². The summed E-state index contributed by atoms with van der Waals surface area (Å²) in [6, 6.07) is 0. The molecule has 1 fully saturated rings. The van der Waals surface area contributed by atoms with Crippen LogP contribution in [0.1, 0.15) is 65.9 Å². The summed E-state index contributed by atoms with van der Waals surface area (Å²) in [6.45, 7) is 0.745. The van der Waals surface area contributed by atoms with Gasteiger partial charge >= 0.3 is 11.9 Å². The van der Waals surface area contributed by atoms with Gasteiger partial charge in [0.15, 0.2) is 5.69 Å². The Morgan fingerprint density at radius 3 is 2.60 bits per heavy atom. The number of carbonyl (C=O) groups is 2. The van der Waals surface area contributed by atoms with Gasteiger partial charge in [0.05, 0.1) is 18.7 Å². The number of nitrogens with zero attached hydrogens (tertiary/aromatic N) is 2. The maximum absolute atomic E-state index is 11.9. The van der Waals surface area contributed by atoms with Gasteiger partial charge in [0.1, 0.15) is 5.82 Å². The average Bonchev–Trinajstić information content (AvgIpc) is 2.76. The average molecular weight is 278 g/mol. The molecule has 6 heteroatoms. The molecule has 0 radical (unpaired) electrons. The second-order valence-electron chi connectivity index (χ2n) is 5.51. The zero-order valence-corrected chi connectivity index (χ0v) is 11.5. The Hall–Kier alpha value is -1.85. The largest absolute Gasteiger partial charge is 0.476 e. The molecule has 108 valence electrons. The molecular formula is C14H18N2O4. The first kappa shape index (κ1) is 13.1. The van der Waals surface area contributed by atoms with Crippen LogP contribution >= 0.6 is 0 Å². The molecule has 3 rings (SSSR count). The van der Waals surface area contributed by atoms with Crippen molar-refractivity contribution in [2.75, 3.05) is 7.11 Å². The molecule has 20 heavy (non-hydrogen) atoms. The first-order valence-electron chi connectivity index (χ1n) is 7.05. The molecule has 2 aliphatic rings. The van der Waals surface area contributed by atoms with Crippen LogP contribution in [0.25, 0.3) is 0 Å². The molecule has 1 aromatic heterocycles. The summed E-state index contributed by atoms with van der Waals surface area (Å²) in [5, 5.41) is 9.37. The molecule has 0 saturated heterocycles. The fourth-order valence-corrected chi connectivity index (χ4v) is 3.17. The molecule has 1 aliphatic carbocycles. The lowest BCUT2D eigenvalue weighted by molar-refractivity contribution is -0.143. The summed E-state index contributed by atoms with van der Waals surface area (Å²) >= 11 is 0. The van der Waals surface area contributed by atoms with Gasteiger partial charge in [-0.2, -0.15) is 0 Å². The van der Waals surface area contributed by atoms with E-state index in [9.17, 15) is 14.7 Å². The van der Waals surface area contributed by atoms with Crippen LogP contribution in [0, 0.1) is 0 Å². The molecule has 0 aromatic carbocycles. The van der Waals surface area contributed by atoms with Gasteiger partial charge in [0, 0.05) is 12.5 Å². The van der Waals surface area contributed by atoms with Crippen molar-refractivity contribution in [3.8, 4) is 0 Å². The third-order valence-electron chi connectivity index (χ3n) is 4.40. The van der Waals surface area contributed by atoms with Crippen molar-refractivity contribution in [2.45, 2.75) is 50.5 Å². The summed E-state index contributed by atoms with van der Waals surface area (Å²) in [7, 11) is 1.34. The third-order valence-corrected chi connectivity index (χ3v) is 4.40. The van der Waals surface area contributed by atoms with E-state index in [1.807, 2.05) is 4.57 Å². The highest BCUT2D eigenvalue weighted by atomic mass is 16.5. The number of carboxylic acid groups (broad SMARTS) is 1. The first-order chi connectivity index (χ1) is 9.63. The number of imidazole rings is 1. The first-order valence-corrected chi connectivity index (χ1v) is 7.05. The van der Waals surface area contributed by atoms with E-state index >= 15 is 0 Å². The topological polar surface area (TPSA) is 81.4 Å². The van der Waals surface area contributed by atoms with Crippen LogP contribution in [0.2, 0.25) is 0 Å². The van der Waals surface area contributed by atoms with Crippen molar-refractivity contribution in [3.63, 3.8) is 0 Å². The monoisotopic (exact) mass is 278 g/mol. The highest BCUT2D eigenvalue weighted by molar-refractivity contribution is 5.90. The number of rotatable bonds is 3. The van der Waals surface area contributed by atoms with E-state index in [1.165, 1.54) is 7.11 Å². The number of carbonyl (C=O) groups excluding carboxylic acids is 1. The number of esters is 1. The predicted octanol–water partition coefficient (Wildman–Crippen LogP) is 1.90. The summed E-state index contributed by atoms with van der Waals surface area (Å²) < 4.78 is 6.78. The number of ether oxygens (including phenoxy) is 1. The molecule has 1 atom stereocenters. The van der Waals surface area contributed by atoms with E-state index in [0.29, 0.717) is 18.0 Å². The summed E-state index contributed by atoms with van der Waals surface area (Å²) in [4.78, 5) is 27.7. The Bertz CT molecular complexity index is 560. The van der Waals surface area contributed by atoms with Crippen molar-refractivity contribution in [2.24, 2.45) is 0 Å². The standard InChI is InChI=1S/C14H18N2O4/c1-20-14(19)9-6-3-7-16-11(9)10(13(17)18)15-12(16)8-4-2-5-8/h8-9H,2-7H2,1H3,(H,17,18). The number of aromatic carboxylic acids is 1. The van der Waals surface area contributed by atoms with Gasteiger partial charge in [-0.3, -0.25) is 4.79 Å². The summed E-state index contributed by atoms with van der Waals surface area (Å²) in [5.41, 5.74) is 0.569. The number of hydrogen-bond donors (Lipinski definition) is 1. The Morgan fingerprint density at radius 1 is 1.30 bits per heavy atom. The van der Waals surface area contributed by atoms with Gasteiger partial charge in [-0.25, -0.2) is 9.78 Å². The van der Waals surface area contributed by atoms with Crippen LogP contribution in [0.5, 0.6) is 0 Å². The van der Waals surface area contributed by atoms with E-state index in [2.05, 4.69) is 4.98 Å². The molecule has 1 N–H and O–H groups in total. The maximum atomic E-state index is 11.9. The van der Waals surface area contributed by atoms with E-state index in [0.717, 1.165) is 38.1 Å². The maximum Gasteiger partial charge on any atom is 0.356 e. The number of carboxylic acids is 1. The van der Waals surface area contributed by atoms with Crippen molar-refractivity contribution >= 4 is 11.9 Å². The molecule has 1 saturated carbocycles. The van der Waals surface area contributed by atoms with Crippen LogP contribution in [0.4, 0.5) is 0 Å². The Labute approximate surface area is 116 Å². The van der Waals surface area contributed by atoms with Gasteiger partial charge in [-0.05, 0) is 25.7 Å². The minimum absolute atomic E-state index is 0.0296. The highest BCUT2D eigenvalue weighted by Crippen LogP contribution is 2.40. The van der Waals surface area contributed by atoms with Gasteiger partial charge in [-0.1, -0.05) is 6.42 Å². The van der Waals surface area contributed by atoms with Crippen LogP contribution in [-0.4, -0.2) is 33.7 Å².